The van der Waals surface area contributed by atoms with E-state index >= 15 is 0 Å². The van der Waals surface area contributed by atoms with Crippen LogP contribution in [0.5, 0.6) is 0 Å². The molecule has 0 saturated heterocycles. The SMILES string of the molecule is CC(Nc1ccc2ncsc2c1)C1CC2C=CC1C2. The molecule has 0 spiro atoms. The first-order valence-corrected chi connectivity index (χ1v) is 7.96. The van der Waals surface area contributed by atoms with E-state index in [1.807, 2.05) is 5.51 Å². The number of hydrogen-bond donors (Lipinski definition) is 1. The molecule has 3 heteroatoms. The Hall–Kier alpha value is -1.35. The van der Waals surface area contributed by atoms with Gasteiger partial charge >= 0.3 is 0 Å². The lowest BCUT2D eigenvalue weighted by Gasteiger charge is -2.27. The molecular weight excluding hydrogens is 252 g/mol. The number of nitrogens with one attached hydrogen (secondary N) is 1. The van der Waals surface area contributed by atoms with Gasteiger partial charge in [0.25, 0.3) is 0 Å². The Bertz CT molecular complexity index is 630. The van der Waals surface area contributed by atoms with Crippen LogP contribution in [0.2, 0.25) is 0 Å². The summed E-state index contributed by atoms with van der Waals surface area (Å²) in [6.07, 6.45) is 7.59. The number of thiazole rings is 1. The van der Waals surface area contributed by atoms with E-state index in [2.05, 4.69) is 47.6 Å². The minimum Gasteiger partial charge on any atom is -0.382 e. The summed E-state index contributed by atoms with van der Waals surface area (Å²) in [5.74, 6) is 2.45. The summed E-state index contributed by atoms with van der Waals surface area (Å²) in [5, 5.41) is 3.70. The highest BCUT2D eigenvalue weighted by molar-refractivity contribution is 7.16. The number of hydrogen-bond acceptors (Lipinski definition) is 3. The van der Waals surface area contributed by atoms with Crippen molar-refractivity contribution in [3.63, 3.8) is 0 Å². The Kier molecular flexibility index (Phi) is 2.62. The summed E-state index contributed by atoms with van der Waals surface area (Å²) in [5.41, 5.74) is 4.25. The predicted molar refractivity (Wildman–Crippen MR) is 81.5 cm³/mol. The Labute approximate surface area is 117 Å². The summed E-state index contributed by atoms with van der Waals surface area (Å²) < 4.78 is 1.27. The molecule has 2 nitrogen and oxygen atoms in total. The van der Waals surface area contributed by atoms with Crippen LogP contribution in [0.1, 0.15) is 19.8 Å². The van der Waals surface area contributed by atoms with Gasteiger partial charge in [-0.05, 0) is 55.7 Å². The first-order chi connectivity index (χ1) is 9.29. The molecule has 1 heterocycles. The van der Waals surface area contributed by atoms with Crippen LogP contribution in [-0.2, 0) is 0 Å². The number of benzene rings is 1. The lowest BCUT2D eigenvalue weighted by molar-refractivity contribution is 0.400. The molecule has 1 aromatic heterocycles. The number of fused-ring (bicyclic) bond motifs is 3. The molecule has 0 radical (unpaired) electrons. The van der Waals surface area contributed by atoms with Gasteiger partial charge in [-0.2, -0.15) is 0 Å². The molecule has 2 bridgehead atoms. The van der Waals surface area contributed by atoms with Crippen molar-refractivity contribution in [3.8, 4) is 0 Å². The average molecular weight is 270 g/mol. The molecule has 1 saturated carbocycles. The highest BCUT2D eigenvalue weighted by Gasteiger charge is 2.38. The van der Waals surface area contributed by atoms with Gasteiger partial charge in [-0.15, -0.1) is 11.3 Å². The summed E-state index contributed by atoms with van der Waals surface area (Å²) in [4.78, 5) is 4.33. The second-order valence-electron chi connectivity index (χ2n) is 5.91. The van der Waals surface area contributed by atoms with Crippen molar-refractivity contribution in [2.24, 2.45) is 17.8 Å². The molecule has 2 aliphatic rings. The van der Waals surface area contributed by atoms with E-state index in [1.165, 1.54) is 23.2 Å². The highest BCUT2D eigenvalue weighted by atomic mass is 32.1. The first-order valence-electron chi connectivity index (χ1n) is 7.08. The molecule has 0 amide bonds. The van der Waals surface area contributed by atoms with Gasteiger partial charge in [0, 0.05) is 11.7 Å². The maximum Gasteiger partial charge on any atom is 0.0813 e. The summed E-state index contributed by atoms with van der Waals surface area (Å²) in [6, 6.07) is 7.04. The van der Waals surface area contributed by atoms with Gasteiger partial charge in [-0.1, -0.05) is 12.2 Å². The largest absolute Gasteiger partial charge is 0.382 e. The summed E-state index contributed by atoms with van der Waals surface area (Å²) in [7, 11) is 0. The van der Waals surface area contributed by atoms with Crippen LogP contribution in [-0.4, -0.2) is 11.0 Å². The van der Waals surface area contributed by atoms with Gasteiger partial charge in [0.2, 0.25) is 0 Å². The van der Waals surface area contributed by atoms with Crippen molar-refractivity contribution in [1.29, 1.82) is 0 Å². The van der Waals surface area contributed by atoms with Gasteiger partial charge in [0.15, 0.2) is 0 Å². The maximum atomic E-state index is 4.33. The second-order valence-corrected chi connectivity index (χ2v) is 6.80. The monoisotopic (exact) mass is 270 g/mol. The van der Waals surface area contributed by atoms with Crippen LogP contribution in [0.4, 0.5) is 5.69 Å². The van der Waals surface area contributed by atoms with Gasteiger partial charge < -0.3 is 5.32 Å². The van der Waals surface area contributed by atoms with E-state index in [4.69, 9.17) is 0 Å². The van der Waals surface area contributed by atoms with E-state index in [-0.39, 0.29) is 0 Å². The van der Waals surface area contributed by atoms with E-state index in [0.717, 1.165) is 23.3 Å². The quantitative estimate of drug-likeness (QED) is 0.841. The molecule has 19 heavy (non-hydrogen) atoms. The van der Waals surface area contributed by atoms with Crippen molar-refractivity contribution in [1.82, 2.24) is 4.98 Å². The van der Waals surface area contributed by atoms with Crippen molar-refractivity contribution in [2.75, 3.05) is 5.32 Å². The van der Waals surface area contributed by atoms with Gasteiger partial charge in [-0.3, -0.25) is 0 Å². The lowest BCUT2D eigenvalue weighted by atomic mass is 9.87. The number of allylic oxidation sites excluding steroid dienone is 2. The minimum atomic E-state index is 0.547. The standard InChI is InChI=1S/C16H18N2S/c1-10(14-7-11-2-3-12(14)6-11)18-13-4-5-15-16(8-13)19-9-17-15/h2-5,8-12,14,18H,6-7H2,1H3. The molecule has 4 atom stereocenters. The Morgan fingerprint density at radius 1 is 1.32 bits per heavy atom. The summed E-state index contributed by atoms with van der Waals surface area (Å²) in [6.45, 7) is 2.33. The zero-order chi connectivity index (χ0) is 12.8. The number of rotatable bonds is 3. The fourth-order valence-electron chi connectivity index (χ4n) is 3.71. The highest BCUT2D eigenvalue weighted by Crippen LogP contribution is 2.45. The predicted octanol–water partition coefficient (Wildman–Crippen LogP) is 4.31. The Morgan fingerprint density at radius 3 is 3.05 bits per heavy atom. The molecule has 4 unspecified atom stereocenters. The van der Waals surface area contributed by atoms with Crippen molar-refractivity contribution >= 4 is 27.2 Å². The van der Waals surface area contributed by atoms with Crippen LogP contribution in [0, 0.1) is 17.8 Å². The van der Waals surface area contributed by atoms with Crippen LogP contribution in [0.3, 0.4) is 0 Å². The summed E-state index contributed by atoms with van der Waals surface area (Å²) >= 11 is 1.71. The van der Waals surface area contributed by atoms with Crippen LogP contribution in [0.15, 0.2) is 35.9 Å². The first kappa shape index (κ1) is 11.5. The Balaban J connectivity index is 1.52. The molecule has 2 aromatic rings. The zero-order valence-electron chi connectivity index (χ0n) is 11.0. The maximum absolute atomic E-state index is 4.33. The van der Waals surface area contributed by atoms with Gasteiger partial charge in [0.1, 0.15) is 0 Å². The normalized spacial score (nSPS) is 30.1. The molecule has 1 aromatic carbocycles. The van der Waals surface area contributed by atoms with Gasteiger partial charge in [-0.25, -0.2) is 4.98 Å². The van der Waals surface area contributed by atoms with Crippen LogP contribution < -0.4 is 5.32 Å². The van der Waals surface area contributed by atoms with Crippen LogP contribution >= 0.6 is 11.3 Å². The third-order valence-electron chi connectivity index (χ3n) is 4.70. The molecule has 2 aliphatic carbocycles. The molecule has 4 rings (SSSR count). The van der Waals surface area contributed by atoms with Crippen LogP contribution in [0.25, 0.3) is 10.2 Å². The topological polar surface area (TPSA) is 24.9 Å². The van der Waals surface area contributed by atoms with Crippen molar-refractivity contribution < 1.29 is 0 Å². The smallest absolute Gasteiger partial charge is 0.0813 e. The van der Waals surface area contributed by atoms with Crippen molar-refractivity contribution in [2.45, 2.75) is 25.8 Å². The fourth-order valence-corrected chi connectivity index (χ4v) is 4.43. The third kappa shape index (κ3) is 1.96. The van der Waals surface area contributed by atoms with E-state index in [1.54, 1.807) is 11.3 Å². The number of nitrogens with zero attached hydrogens (tertiary/aromatic N) is 1. The second kappa shape index (κ2) is 4.34. The molecule has 0 aliphatic heterocycles. The van der Waals surface area contributed by atoms with E-state index in [9.17, 15) is 0 Å². The van der Waals surface area contributed by atoms with Gasteiger partial charge in [0.05, 0.1) is 15.7 Å². The molecular formula is C16H18N2S. The fraction of sp³-hybridized carbons (Fsp3) is 0.438. The minimum absolute atomic E-state index is 0.547. The van der Waals surface area contributed by atoms with Crippen molar-refractivity contribution in [3.05, 3.63) is 35.9 Å². The average Bonchev–Trinajstić information content (AvgIpc) is 3.13. The van der Waals surface area contributed by atoms with E-state index < -0.39 is 0 Å². The lowest BCUT2D eigenvalue weighted by Crippen LogP contribution is -2.28. The van der Waals surface area contributed by atoms with E-state index in [0.29, 0.717) is 6.04 Å². The zero-order valence-corrected chi connectivity index (χ0v) is 11.9. The number of aromatic nitrogens is 1. The molecule has 1 N–H and O–H groups in total. The Morgan fingerprint density at radius 2 is 2.26 bits per heavy atom. The molecule has 98 valence electrons. The third-order valence-corrected chi connectivity index (χ3v) is 5.49. The molecule has 1 fully saturated rings. The number of anilines is 1.